The quantitative estimate of drug-likeness (QED) is 0.877. The molecule has 2 unspecified atom stereocenters. The molecule has 1 fully saturated rings. The molecular weight excluding hydrogens is 270 g/mol. The van der Waals surface area contributed by atoms with Crippen molar-refractivity contribution in [1.29, 1.82) is 0 Å². The van der Waals surface area contributed by atoms with Gasteiger partial charge in [-0.25, -0.2) is 4.98 Å². The van der Waals surface area contributed by atoms with E-state index in [1.165, 1.54) is 32.1 Å². The van der Waals surface area contributed by atoms with Gasteiger partial charge in [-0.2, -0.15) is 0 Å². The second-order valence-corrected chi connectivity index (χ2v) is 7.15. The van der Waals surface area contributed by atoms with Crippen LogP contribution in [0.3, 0.4) is 0 Å². The molecule has 2 rings (SSSR count). The summed E-state index contributed by atoms with van der Waals surface area (Å²) < 4.78 is 0. The Bertz CT molecular complexity index is 440. The fourth-order valence-corrected chi connectivity index (χ4v) is 3.62. The van der Waals surface area contributed by atoms with Crippen molar-refractivity contribution in [1.82, 2.24) is 10.3 Å². The summed E-state index contributed by atoms with van der Waals surface area (Å²) in [6, 6.07) is -0.444. The highest BCUT2D eigenvalue weighted by molar-refractivity contribution is 7.11. The summed E-state index contributed by atoms with van der Waals surface area (Å²) >= 11 is 1.62. The van der Waals surface area contributed by atoms with Crippen LogP contribution in [-0.4, -0.2) is 16.9 Å². The maximum atomic E-state index is 12.1. The topological polar surface area (TPSA) is 68.0 Å². The van der Waals surface area contributed by atoms with E-state index >= 15 is 0 Å². The minimum absolute atomic E-state index is 0.0454. The predicted octanol–water partition coefficient (Wildman–Crippen LogP) is 2.93. The smallest absolute Gasteiger partial charge is 0.237 e. The summed E-state index contributed by atoms with van der Waals surface area (Å²) in [7, 11) is 0. The fraction of sp³-hybridized carbons (Fsp3) is 0.733. The van der Waals surface area contributed by atoms with E-state index in [-0.39, 0.29) is 18.0 Å². The highest BCUT2D eigenvalue weighted by Gasteiger charge is 2.23. The third-order valence-electron chi connectivity index (χ3n) is 4.02. The van der Waals surface area contributed by atoms with Gasteiger partial charge in [-0.1, -0.05) is 32.1 Å². The number of nitrogens with zero attached hydrogens (tertiary/aromatic N) is 1. The van der Waals surface area contributed by atoms with E-state index in [1.54, 1.807) is 11.3 Å². The van der Waals surface area contributed by atoms with Crippen LogP contribution in [0, 0.1) is 12.8 Å². The number of nitrogens with two attached hydrogens (primary N) is 1. The molecule has 3 N–H and O–H groups in total. The SMILES string of the molecule is Cc1cnc(C(C)NC(=O)C(N)CC2CCCCC2)s1. The average molecular weight is 295 g/mol. The predicted molar refractivity (Wildman–Crippen MR) is 82.6 cm³/mol. The lowest BCUT2D eigenvalue weighted by molar-refractivity contribution is -0.123. The minimum Gasteiger partial charge on any atom is -0.346 e. The van der Waals surface area contributed by atoms with Crippen molar-refractivity contribution in [2.75, 3.05) is 0 Å². The van der Waals surface area contributed by atoms with Gasteiger partial charge in [0.2, 0.25) is 5.91 Å². The molecule has 1 aromatic rings. The molecule has 4 nitrogen and oxygen atoms in total. The van der Waals surface area contributed by atoms with Gasteiger partial charge in [0.1, 0.15) is 5.01 Å². The monoisotopic (exact) mass is 295 g/mol. The van der Waals surface area contributed by atoms with Gasteiger partial charge in [0.15, 0.2) is 0 Å². The second kappa shape index (κ2) is 7.18. The molecule has 1 amide bonds. The molecule has 0 bridgehead atoms. The van der Waals surface area contributed by atoms with Crippen LogP contribution in [0.5, 0.6) is 0 Å². The Kier molecular flexibility index (Phi) is 5.54. The molecule has 1 aliphatic carbocycles. The van der Waals surface area contributed by atoms with Crippen molar-refractivity contribution in [3.63, 3.8) is 0 Å². The first-order valence-electron chi connectivity index (χ1n) is 7.54. The zero-order valence-corrected chi connectivity index (χ0v) is 13.2. The molecule has 0 aliphatic heterocycles. The van der Waals surface area contributed by atoms with Crippen molar-refractivity contribution in [3.8, 4) is 0 Å². The molecule has 0 saturated heterocycles. The Balaban J connectivity index is 1.81. The highest BCUT2D eigenvalue weighted by Crippen LogP contribution is 2.27. The van der Waals surface area contributed by atoms with Crippen LogP contribution in [0.4, 0.5) is 0 Å². The number of hydrogen-bond donors (Lipinski definition) is 2. The summed E-state index contributed by atoms with van der Waals surface area (Å²) in [6.45, 7) is 3.98. The van der Waals surface area contributed by atoms with Crippen LogP contribution >= 0.6 is 11.3 Å². The Hall–Kier alpha value is -0.940. The molecule has 0 aromatic carbocycles. The van der Waals surface area contributed by atoms with Gasteiger partial charge in [-0.05, 0) is 26.2 Å². The number of carbonyl (C=O) groups excluding carboxylic acids is 1. The van der Waals surface area contributed by atoms with Crippen molar-refractivity contribution in [2.45, 2.75) is 64.5 Å². The molecule has 20 heavy (non-hydrogen) atoms. The number of thiazole rings is 1. The van der Waals surface area contributed by atoms with E-state index in [0.29, 0.717) is 5.92 Å². The number of aromatic nitrogens is 1. The summed E-state index contributed by atoms with van der Waals surface area (Å²) in [6.07, 6.45) is 9.00. The molecule has 1 saturated carbocycles. The lowest BCUT2D eigenvalue weighted by atomic mass is 9.85. The van der Waals surface area contributed by atoms with Crippen LogP contribution in [0.2, 0.25) is 0 Å². The lowest BCUT2D eigenvalue weighted by Gasteiger charge is -2.24. The molecule has 1 aliphatic rings. The molecular formula is C15H25N3OS. The van der Waals surface area contributed by atoms with Crippen LogP contribution < -0.4 is 11.1 Å². The molecule has 1 aromatic heterocycles. The van der Waals surface area contributed by atoms with Crippen molar-refractivity contribution < 1.29 is 4.79 Å². The zero-order chi connectivity index (χ0) is 14.5. The fourth-order valence-electron chi connectivity index (χ4n) is 2.84. The van der Waals surface area contributed by atoms with Gasteiger partial charge in [-0.3, -0.25) is 4.79 Å². The van der Waals surface area contributed by atoms with Crippen LogP contribution in [0.1, 0.15) is 61.4 Å². The summed E-state index contributed by atoms with van der Waals surface area (Å²) in [5.74, 6) is 0.581. The number of nitrogens with one attached hydrogen (secondary N) is 1. The largest absolute Gasteiger partial charge is 0.346 e. The highest BCUT2D eigenvalue weighted by atomic mass is 32.1. The molecule has 2 atom stereocenters. The van der Waals surface area contributed by atoms with Crippen LogP contribution in [0.15, 0.2) is 6.20 Å². The first-order valence-corrected chi connectivity index (χ1v) is 8.36. The lowest BCUT2D eigenvalue weighted by Crippen LogP contribution is -2.42. The Morgan fingerprint density at radius 3 is 2.80 bits per heavy atom. The number of amides is 1. The molecule has 5 heteroatoms. The third-order valence-corrected chi connectivity index (χ3v) is 5.11. The van der Waals surface area contributed by atoms with Crippen LogP contribution in [-0.2, 0) is 4.79 Å². The van der Waals surface area contributed by atoms with Crippen molar-refractivity contribution in [3.05, 3.63) is 16.1 Å². The summed E-state index contributed by atoms with van der Waals surface area (Å²) in [4.78, 5) is 17.6. The van der Waals surface area contributed by atoms with E-state index in [4.69, 9.17) is 5.73 Å². The maximum absolute atomic E-state index is 12.1. The first kappa shape index (κ1) is 15.4. The number of aryl methyl sites for hydroxylation is 1. The van der Waals surface area contributed by atoms with Gasteiger partial charge in [0.25, 0.3) is 0 Å². The summed E-state index contributed by atoms with van der Waals surface area (Å²) in [5, 5.41) is 3.93. The van der Waals surface area contributed by atoms with E-state index in [1.807, 2.05) is 20.0 Å². The van der Waals surface area contributed by atoms with E-state index in [9.17, 15) is 4.79 Å². The zero-order valence-electron chi connectivity index (χ0n) is 12.4. The number of rotatable bonds is 5. The normalized spacial score (nSPS) is 19.6. The standard InChI is InChI=1S/C15H25N3OS/c1-10-9-17-15(20-10)11(2)18-14(19)13(16)8-12-6-4-3-5-7-12/h9,11-13H,3-8,16H2,1-2H3,(H,18,19). The third kappa shape index (κ3) is 4.28. The Morgan fingerprint density at radius 2 is 2.20 bits per heavy atom. The molecule has 112 valence electrons. The van der Waals surface area contributed by atoms with Gasteiger partial charge >= 0.3 is 0 Å². The van der Waals surface area contributed by atoms with E-state index in [2.05, 4.69) is 10.3 Å². The molecule has 0 spiro atoms. The van der Waals surface area contributed by atoms with Crippen molar-refractivity contribution >= 4 is 17.2 Å². The Morgan fingerprint density at radius 1 is 1.50 bits per heavy atom. The average Bonchev–Trinajstić information content (AvgIpc) is 2.86. The minimum atomic E-state index is -0.387. The maximum Gasteiger partial charge on any atom is 0.237 e. The van der Waals surface area contributed by atoms with Gasteiger partial charge in [-0.15, -0.1) is 11.3 Å². The van der Waals surface area contributed by atoms with Gasteiger partial charge in [0, 0.05) is 11.1 Å². The second-order valence-electron chi connectivity index (χ2n) is 5.89. The van der Waals surface area contributed by atoms with Crippen molar-refractivity contribution in [2.24, 2.45) is 11.7 Å². The van der Waals surface area contributed by atoms with Gasteiger partial charge < -0.3 is 11.1 Å². The molecule has 0 radical (unpaired) electrons. The Labute approximate surface area is 125 Å². The summed E-state index contributed by atoms with van der Waals surface area (Å²) in [5.41, 5.74) is 6.05. The number of carbonyl (C=O) groups is 1. The van der Waals surface area contributed by atoms with E-state index in [0.717, 1.165) is 16.3 Å². The number of hydrogen-bond acceptors (Lipinski definition) is 4. The van der Waals surface area contributed by atoms with Gasteiger partial charge in [0.05, 0.1) is 12.1 Å². The molecule has 1 heterocycles. The first-order chi connectivity index (χ1) is 9.56. The van der Waals surface area contributed by atoms with Crippen LogP contribution in [0.25, 0.3) is 0 Å². The van der Waals surface area contributed by atoms with E-state index < -0.39 is 0 Å².